The summed E-state index contributed by atoms with van der Waals surface area (Å²) in [5.41, 5.74) is 6.25. The maximum Gasteiger partial charge on any atom is 0.254 e. The molecular formula is C18H27N3O3S. The highest BCUT2D eigenvalue weighted by molar-refractivity contribution is 7.89. The van der Waals surface area contributed by atoms with Crippen molar-refractivity contribution < 1.29 is 13.2 Å². The van der Waals surface area contributed by atoms with E-state index in [1.165, 1.54) is 0 Å². The van der Waals surface area contributed by atoms with Gasteiger partial charge in [-0.3, -0.25) is 4.79 Å². The Kier molecular flexibility index (Phi) is 5.46. The van der Waals surface area contributed by atoms with E-state index in [9.17, 15) is 13.2 Å². The van der Waals surface area contributed by atoms with Gasteiger partial charge >= 0.3 is 0 Å². The van der Waals surface area contributed by atoms with Gasteiger partial charge in [-0.05, 0) is 55.9 Å². The molecule has 0 aliphatic carbocycles. The van der Waals surface area contributed by atoms with Gasteiger partial charge in [0, 0.05) is 37.8 Å². The van der Waals surface area contributed by atoms with Crippen molar-refractivity contribution in [2.45, 2.75) is 43.5 Å². The quantitative estimate of drug-likeness (QED) is 0.880. The SMILES string of the molecule is CC1CCN(S(=O)(=O)c2ccc(C(=O)N3CCCC3CN)cc2)CC1. The van der Waals surface area contributed by atoms with Gasteiger partial charge in [-0.2, -0.15) is 4.31 Å². The largest absolute Gasteiger partial charge is 0.334 e. The van der Waals surface area contributed by atoms with Crippen LogP contribution in [-0.4, -0.2) is 55.8 Å². The molecule has 25 heavy (non-hydrogen) atoms. The second-order valence-corrected chi connectivity index (χ2v) is 9.08. The molecule has 1 aromatic rings. The average Bonchev–Trinajstić information content (AvgIpc) is 3.10. The highest BCUT2D eigenvalue weighted by Crippen LogP contribution is 2.24. The van der Waals surface area contributed by atoms with E-state index in [1.54, 1.807) is 33.5 Å². The van der Waals surface area contributed by atoms with E-state index in [-0.39, 0.29) is 16.8 Å². The third-order valence-corrected chi connectivity index (χ3v) is 7.30. The van der Waals surface area contributed by atoms with Crippen molar-refractivity contribution in [3.8, 4) is 0 Å². The first kappa shape index (κ1) is 18.4. The van der Waals surface area contributed by atoms with Crippen LogP contribution in [0, 0.1) is 5.92 Å². The highest BCUT2D eigenvalue weighted by atomic mass is 32.2. The number of piperidine rings is 1. The Balaban J connectivity index is 1.74. The fraction of sp³-hybridized carbons (Fsp3) is 0.611. The molecule has 2 N–H and O–H groups in total. The zero-order valence-electron chi connectivity index (χ0n) is 14.7. The Morgan fingerprint density at radius 1 is 1.12 bits per heavy atom. The summed E-state index contributed by atoms with van der Waals surface area (Å²) in [5.74, 6) is 0.506. The van der Waals surface area contributed by atoms with Crippen LogP contribution in [0.15, 0.2) is 29.2 Å². The Hall–Kier alpha value is -1.44. The van der Waals surface area contributed by atoms with Crippen LogP contribution in [0.4, 0.5) is 0 Å². The molecule has 0 saturated carbocycles. The number of nitrogens with zero attached hydrogens (tertiary/aromatic N) is 2. The zero-order valence-corrected chi connectivity index (χ0v) is 15.5. The van der Waals surface area contributed by atoms with Gasteiger partial charge in [0.1, 0.15) is 0 Å². The monoisotopic (exact) mass is 365 g/mol. The average molecular weight is 365 g/mol. The molecule has 138 valence electrons. The zero-order chi connectivity index (χ0) is 18.0. The van der Waals surface area contributed by atoms with Crippen molar-refractivity contribution in [2.75, 3.05) is 26.2 Å². The van der Waals surface area contributed by atoms with E-state index < -0.39 is 10.0 Å². The minimum absolute atomic E-state index is 0.0660. The molecule has 2 aliphatic rings. The second-order valence-electron chi connectivity index (χ2n) is 7.14. The first-order chi connectivity index (χ1) is 11.9. The maximum atomic E-state index is 12.7. The molecule has 2 aliphatic heterocycles. The van der Waals surface area contributed by atoms with Gasteiger partial charge in [0.2, 0.25) is 10.0 Å². The predicted molar refractivity (Wildman–Crippen MR) is 96.7 cm³/mol. The van der Waals surface area contributed by atoms with Gasteiger partial charge in [-0.15, -0.1) is 0 Å². The van der Waals surface area contributed by atoms with E-state index in [0.717, 1.165) is 25.7 Å². The summed E-state index contributed by atoms with van der Waals surface area (Å²) >= 11 is 0. The summed E-state index contributed by atoms with van der Waals surface area (Å²) in [7, 11) is -3.47. The molecule has 6 nitrogen and oxygen atoms in total. The van der Waals surface area contributed by atoms with Gasteiger partial charge in [0.25, 0.3) is 5.91 Å². The summed E-state index contributed by atoms with van der Waals surface area (Å²) < 4.78 is 27.0. The lowest BCUT2D eigenvalue weighted by atomic mass is 10.0. The molecule has 1 aromatic carbocycles. The first-order valence-corrected chi connectivity index (χ1v) is 10.5. The van der Waals surface area contributed by atoms with Crippen LogP contribution in [0.25, 0.3) is 0 Å². The van der Waals surface area contributed by atoms with E-state index in [1.807, 2.05) is 0 Å². The predicted octanol–water partition coefficient (Wildman–Crippen LogP) is 1.67. The Bertz CT molecular complexity index is 710. The van der Waals surface area contributed by atoms with Crippen LogP contribution in [0.2, 0.25) is 0 Å². The number of carbonyl (C=O) groups excluding carboxylic acids is 1. The fourth-order valence-corrected chi connectivity index (χ4v) is 5.13. The van der Waals surface area contributed by atoms with Crippen molar-refractivity contribution in [3.63, 3.8) is 0 Å². The number of likely N-dealkylation sites (tertiary alicyclic amines) is 1. The Morgan fingerprint density at radius 3 is 2.36 bits per heavy atom. The first-order valence-electron chi connectivity index (χ1n) is 9.04. The summed E-state index contributed by atoms with van der Waals surface area (Å²) in [6, 6.07) is 6.43. The third kappa shape index (κ3) is 3.73. The molecule has 0 bridgehead atoms. The number of hydrogen-bond acceptors (Lipinski definition) is 4. The second kappa shape index (κ2) is 7.43. The molecule has 0 spiro atoms. The third-order valence-electron chi connectivity index (χ3n) is 5.39. The van der Waals surface area contributed by atoms with E-state index in [2.05, 4.69) is 6.92 Å². The molecule has 1 unspecified atom stereocenters. The molecule has 1 atom stereocenters. The highest BCUT2D eigenvalue weighted by Gasteiger charge is 2.30. The van der Waals surface area contributed by atoms with Gasteiger partial charge < -0.3 is 10.6 Å². The fourth-order valence-electron chi connectivity index (χ4n) is 3.66. The minimum atomic E-state index is -3.47. The molecule has 7 heteroatoms. The molecule has 3 rings (SSSR count). The number of sulfonamides is 1. The van der Waals surface area contributed by atoms with Gasteiger partial charge in [0.15, 0.2) is 0 Å². The van der Waals surface area contributed by atoms with E-state index >= 15 is 0 Å². The summed E-state index contributed by atoms with van der Waals surface area (Å²) in [6.45, 7) is 4.46. The van der Waals surface area contributed by atoms with Crippen molar-refractivity contribution in [2.24, 2.45) is 11.7 Å². The van der Waals surface area contributed by atoms with Crippen LogP contribution < -0.4 is 5.73 Å². The van der Waals surface area contributed by atoms with Crippen molar-refractivity contribution >= 4 is 15.9 Å². The molecule has 0 radical (unpaired) electrons. The summed E-state index contributed by atoms with van der Waals surface area (Å²) in [6.07, 6.45) is 3.69. The van der Waals surface area contributed by atoms with Crippen LogP contribution in [-0.2, 0) is 10.0 Å². The standard InChI is InChI=1S/C18H27N3O3S/c1-14-8-11-20(12-9-14)25(23,24)17-6-4-15(5-7-17)18(22)21-10-2-3-16(21)13-19/h4-7,14,16H,2-3,8-13,19H2,1H3. The molecule has 1 amide bonds. The molecule has 2 fully saturated rings. The van der Waals surface area contributed by atoms with Crippen LogP contribution in [0.5, 0.6) is 0 Å². The Labute approximate surface area is 150 Å². The lowest BCUT2D eigenvalue weighted by Gasteiger charge is -2.29. The number of carbonyl (C=O) groups is 1. The van der Waals surface area contributed by atoms with E-state index in [4.69, 9.17) is 5.73 Å². The maximum absolute atomic E-state index is 12.7. The number of benzene rings is 1. The van der Waals surface area contributed by atoms with Gasteiger partial charge in [-0.1, -0.05) is 6.92 Å². The van der Waals surface area contributed by atoms with E-state index in [0.29, 0.717) is 37.7 Å². The number of nitrogens with two attached hydrogens (primary N) is 1. The lowest BCUT2D eigenvalue weighted by molar-refractivity contribution is 0.0741. The number of rotatable bonds is 4. The number of amides is 1. The molecular weight excluding hydrogens is 338 g/mol. The van der Waals surface area contributed by atoms with Crippen LogP contribution in [0.3, 0.4) is 0 Å². The molecule has 2 saturated heterocycles. The smallest absolute Gasteiger partial charge is 0.254 e. The Morgan fingerprint density at radius 2 is 1.76 bits per heavy atom. The van der Waals surface area contributed by atoms with Crippen LogP contribution >= 0.6 is 0 Å². The summed E-state index contributed by atoms with van der Waals surface area (Å²) in [4.78, 5) is 14.7. The van der Waals surface area contributed by atoms with Gasteiger partial charge in [-0.25, -0.2) is 8.42 Å². The summed E-state index contributed by atoms with van der Waals surface area (Å²) in [5, 5.41) is 0. The topological polar surface area (TPSA) is 83.7 Å². The number of hydrogen-bond donors (Lipinski definition) is 1. The van der Waals surface area contributed by atoms with Crippen molar-refractivity contribution in [3.05, 3.63) is 29.8 Å². The van der Waals surface area contributed by atoms with Crippen molar-refractivity contribution in [1.82, 2.24) is 9.21 Å². The minimum Gasteiger partial charge on any atom is -0.334 e. The normalized spacial score (nSPS) is 23.1. The van der Waals surface area contributed by atoms with Crippen molar-refractivity contribution in [1.29, 1.82) is 0 Å². The molecule has 2 heterocycles. The van der Waals surface area contributed by atoms with Crippen LogP contribution in [0.1, 0.15) is 43.0 Å². The lowest BCUT2D eigenvalue weighted by Crippen LogP contribution is -2.40. The molecule has 0 aromatic heterocycles. The van der Waals surface area contributed by atoms with Gasteiger partial charge in [0.05, 0.1) is 4.90 Å².